The van der Waals surface area contributed by atoms with Crippen molar-refractivity contribution in [2.24, 2.45) is 18.9 Å². The zero-order valence-electron chi connectivity index (χ0n) is 15.7. The molecule has 2 aliphatic heterocycles. The highest BCUT2D eigenvalue weighted by molar-refractivity contribution is 5.90. The molecule has 3 heterocycles. The van der Waals surface area contributed by atoms with Crippen molar-refractivity contribution in [3.63, 3.8) is 0 Å². The third-order valence-electron chi connectivity index (χ3n) is 5.83. The van der Waals surface area contributed by atoms with E-state index in [-0.39, 0.29) is 35.5 Å². The van der Waals surface area contributed by atoms with E-state index in [1.807, 2.05) is 17.0 Å². The maximum absolute atomic E-state index is 12.8. The number of nitrogens with zero attached hydrogens (tertiary/aromatic N) is 4. The van der Waals surface area contributed by atoms with Gasteiger partial charge >= 0.3 is 5.69 Å². The largest absolute Gasteiger partial charge is 0.343 e. The lowest BCUT2D eigenvalue weighted by Crippen LogP contribution is -2.37. The molecule has 0 spiro atoms. The number of H-pyrrole nitrogens is 1. The van der Waals surface area contributed by atoms with Gasteiger partial charge in [-0.2, -0.15) is 0 Å². The molecule has 2 saturated heterocycles. The molecular formula is C19H23N5O3. The molecule has 2 aromatic rings. The number of fused-ring (bicyclic) bond motifs is 1. The van der Waals surface area contributed by atoms with E-state index in [4.69, 9.17) is 0 Å². The molecule has 27 heavy (non-hydrogen) atoms. The molecule has 2 aliphatic rings. The van der Waals surface area contributed by atoms with Gasteiger partial charge in [0.1, 0.15) is 0 Å². The molecule has 8 nitrogen and oxygen atoms in total. The smallest absolute Gasteiger partial charge is 0.335 e. The van der Waals surface area contributed by atoms with Gasteiger partial charge in [0.2, 0.25) is 11.7 Å². The number of carbonyl (C=O) groups excluding carboxylic acids is 2. The van der Waals surface area contributed by atoms with Crippen molar-refractivity contribution in [2.45, 2.75) is 19.9 Å². The van der Waals surface area contributed by atoms with Gasteiger partial charge in [-0.15, -0.1) is 5.10 Å². The molecule has 3 atom stereocenters. The van der Waals surface area contributed by atoms with Crippen LogP contribution in [-0.4, -0.2) is 56.0 Å². The molecule has 1 aromatic carbocycles. The fraction of sp³-hybridized carbons (Fsp3) is 0.474. The second kappa shape index (κ2) is 6.37. The Kier molecular flexibility index (Phi) is 4.13. The number of hydrogen-bond acceptors (Lipinski definition) is 4. The lowest BCUT2D eigenvalue weighted by molar-refractivity contribution is -0.130. The van der Waals surface area contributed by atoms with Gasteiger partial charge in [-0.05, 0) is 18.1 Å². The van der Waals surface area contributed by atoms with E-state index in [9.17, 15) is 14.4 Å². The Balaban J connectivity index is 1.62. The molecule has 0 saturated carbocycles. The van der Waals surface area contributed by atoms with Gasteiger partial charge in [-0.1, -0.05) is 24.3 Å². The third-order valence-corrected chi connectivity index (χ3v) is 5.83. The molecule has 4 rings (SSSR count). The Morgan fingerprint density at radius 3 is 2.56 bits per heavy atom. The minimum atomic E-state index is -0.404. The highest BCUT2D eigenvalue weighted by Crippen LogP contribution is 2.45. The normalized spacial score (nSPS) is 24.3. The summed E-state index contributed by atoms with van der Waals surface area (Å²) in [5, 5.41) is 3.98. The molecule has 0 radical (unpaired) electrons. The topological polar surface area (TPSA) is 91.3 Å². The Hall–Kier alpha value is -2.90. The van der Waals surface area contributed by atoms with Gasteiger partial charge in [-0.3, -0.25) is 14.6 Å². The van der Waals surface area contributed by atoms with Crippen LogP contribution in [0.3, 0.4) is 0 Å². The average Bonchev–Trinajstić information content (AvgIpc) is 3.28. The minimum Gasteiger partial charge on any atom is -0.335 e. The molecule has 8 heteroatoms. The van der Waals surface area contributed by atoms with Crippen LogP contribution in [0.2, 0.25) is 0 Å². The van der Waals surface area contributed by atoms with Crippen LogP contribution in [0, 0.1) is 18.8 Å². The summed E-state index contributed by atoms with van der Waals surface area (Å²) < 4.78 is 1.12. The zero-order chi connectivity index (χ0) is 19.3. The fourth-order valence-corrected chi connectivity index (χ4v) is 4.50. The van der Waals surface area contributed by atoms with Crippen molar-refractivity contribution in [3.8, 4) is 0 Å². The Morgan fingerprint density at radius 2 is 1.93 bits per heavy atom. The Bertz CT molecular complexity index is 962. The molecule has 142 valence electrons. The van der Waals surface area contributed by atoms with Crippen LogP contribution in [0.15, 0.2) is 29.1 Å². The number of aromatic amines is 1. The molecule has 0 unspecified atom stereocenters. The summed E-state index contributed by atoms with van der Waals surface area (Å²) in [4.78, 5) is 42.8. The van der Waals surface area contributed by atoms with Crippen LogP contribution in [0.1, 0.15) is 34.7 Å². The van der Waals surface area contributed by atoms with Gasteiger partial charge in [0, 0.05) is 45.4 Å². The predicted octanol–water partition coefficient (Wildman–Crippen LogP) is 0.708. The van der Waals surface area contributed by atoms with Gasteiger partial charge in [0.15, 0.2) is 0 Å². The van der Waals surface area contributed by atoms with E-state index < -0.39 is 5.69 Å². The van der Waals surface area contributed by atoms with E-state index in [0.717, 1.165) is 15.8 Å². The summed E-state index contributed by atoms with van der Waals surface area (Å²) in [6.07, 6.45) is 0. The van der Waals surface area contributed by atoms with Crippen molar-refractivity contribution in [3.05, 3.63) is 51.7 Å². The number of hydrogen-bond donors (Lipinski definition) is 1. The maximum atomic E-state index is 12.8. The van der Waals surface area contributed by atoms with E-state index in [2.05, 4.69) is 29.1 Å². The van der Waals surface area contributed by atoms with Gasteiger partial charge < -0.3 is 9.80 Å². The van der Waals surface area contributed by atoms with E-state index in [0.29, 0.717) is 19.6 Å². The van der Waals surface area contributed by atoms with Crippen LogP contribution in [0.4, 0.5) is 0 Å². The molecule has 0 aliphatic carbocycles. The predicted molar refractivity (Wildman–Crippen MR) is 98.0 cm³/mol. The fourth-order valence-electron chi connectivity index (χ4n) is 4.50. The molecule has 2 fully saturated rings. The number of benzene rings is 1. The number of nitrogens with one attached hydrogen (secondary N) is 1. The van der Waals surface area contributed by atoms with Crippen molar-refractivity contribution in [1.29, 1.82) is 0 Å². The first-order valence-corrected chi connectivity index (χ1v) is 9.12. The Labute approximate surface area is 156 Å². The Morgan fingerprint density at radius 1 is 1.19 bits per heavy atom. The summed E-state index contributed by atoms with van der Waals surface area (Å²) in [5.41, 5.74) is 1.88. The van der Waals surface area contributed by atoms with E-state index >= 15 is 0 Å². The highest BCUT2D eigenvalue weighted by atomic mass is 16.2. The lowest BCUT2D eigenvalue weighted by Gasteiger charge is -2.30. The summed E-state index contributed by atoms with van der Waals surface area (Å²) in [7, 11) is 1.51. The first-order valence-electron chi connectivity index (χ1n) is 9.12. The molecule has 1 aromatic heterocycles. The maximum Gasteiger partial charge on any atom is 0.343 e. The number of amides is 2. The SMILES string of the molecule is CC(=O)N1C[C@H]2CN(C(=O)c3nn(C)c(=O)[nH]3)C[C@H]2[C@H]1c1ccccc1C. The molecule has 2 amide bonds. The summed E-state index contributed by atoms with van der Waals surface area (Å²) >= 11 is 0. The van der Waals surface area contributed by atoms with Gasteiger partial charge in [0.05, 0.1) is 6.04 Å². The molecule has 1 N–H and O–H groups in total. The summed E-state index contributed by atoms with van der Waals surface area (Å²) in [6.45, 7) is 5.41. The highest BCUT2D eigenvalue weighted by Gasteiger charge is 2.50. The standard InChI is InChI=1S/C19H23N5O3/c1-11-6-4-5-7-14(11)16-15-10-23(8-13(15)9-24(16)12(2)25)18(26)17-20-19(27)22(3)21-17/h4-7,13,15-16H,8-10H2,1-3H3,(H,20,21,27)/t13-,15-,16-/m1/s1. The second-order valence-electron chi connectivity index (χ2n) is 7.51. The lowest BCUT2D eigenvalue weighted by atomic mass is 9.87. The van der Waals surface area contributed by atoms with Crippen LogP contribution in [0.25, 0.3) is 0 Å². The number of rotatable bonds is 2. The van der Waals surface area contributed by atoms with Crippen molar-refractivity contribution < 1.29 is 9.59 Å². The first-order chi connectivity index (χ1) is 12.9. The van der Waals surface area contributed by atoms with Crippen molar-refractivity contribution >= 4 is 11.8 Å². The summed E-state index contributed by atoms with van der Waals surface area (Å²) in [6, 6.07) is 8.07. The monoisotopic (exact) mass is 369 g/mol. The van der Waals surface area contributed by atoms with E-state index in [1.165, 1.54) is 7.05 Å². The van der Waals surface area contributed by atoms with Gasteiger partial charge in [0.25, 0.3) is 5.91 Å². The van der Waals surface area contributed by atoms with Crippen LogP contribution < -0.4 is 5.69 Å². The first kappa shape index (κ1) is 17.5. The van der Waals surface area contributed by atoms with Crippen LogP contribution in [-0.2, 0) is 11.8 Å². The third kappa shape index (κ3) is 2.85. The molecule has 0 bridgehead atoms. The average molecular weight is 369 g/mol. The number of likely N-dealkylation sites (tertiary alicyclic amines) is 2. The van der Waals surface area contributed by atoms with Gasteiger partial charge in [-0.25, -0.2) is 9.48 Å². The van der Waals surface area contributed by atoms with Crippen molar-refractivity contribution in [2.75, 3.05) is 19.6 Å². The van der Waals surface area contributed by atoms with Crippen LogP contribution in [0.5, 0.6) is 0 Å². The number of carbonyl (C=O) groups is 2. The van der Waals surface area contributed by atoms with Crippen molar-refractivity contribution in [1.82, 2.24) is 24.6 Å². The number of aromatic nitrogens is 3. The number of aryl methyl sites for hydroxylation is 2. The minimum absolute atomic E-state index is 0.0331. The van der Waals surface area contributed by atoms with E-state index in [1.54, 1.807) is 11.8 Å². The molecular weight excluding hydrogens is 346 g/mol. The zero-order valence-corrected chi connectivity index (χ0v) is 15.7. The van der Waals surface area contributed by atoms with Crippen LogP contribution >= 0.6 is 0 Å². The summed E-state index contributed by atoms with van der Waals surface area (Å²) in [5.74, 6) is 0.259. The quantitative estimate of drug-likeness (QED) is 0.844. The second-order valence-corrected chi connectivity index (χ2v) is 7.51.